The molecule has 3 aromatic rings. The molecule has 0 amide bonds. The molecule has 0 radical (unpaired) electrons. The maximum Gasteiger partial charge on any atom is 0.387 e. The normalized spacial score (nSPS) is 27.3. The summed E-state index contributed by atoms with van der Waals surface area (Å²) in [5, 5.41) is 2.04. The van der Waals surface area contributed by atoms with E-state index in [1.54, 1.807) is 0 Å². The lowest BCUT2D eigenvalue weighted by Gasteiger charge is -2.28. The number of fused-ring (bicyclic) bond motifs is 4. The number of rotatable bonds is 3. The van der Waals surface area contributed by atoms with Crippen molar-refractivity contribution >= 4 is 30.2 Å². The van der Waals surface area contributed by atoms with Crippen LogP contribution in [0, 0.1) is 0 Å². The van der Waals surface area contributed by atoms with Crippen molar-refractivity contribution in [1.29, 1.82) is 0 Å². The van der Waals surface area contributed by atoms with Crippen LogP contribution in [0.2, 0.25) is 0 Å². The molecule has 0 bridgehead atoms. The van der Waals surface area contributed by atoms with Crippen molar-refractivity contribution in [3.05, 3.63) is 46.5 Å². The standard InChI is InChI=1S/C40H59O8P/c1-35(2,3)22-17-24-25-18-23(36(4,5)6)20-27(38(10,11)12)30(25)47-49(46-29(24)26(19-22)37(7,8)9)48-32-31(28-21-41-39(13,14)43-28)42-34-33(32)44-40(15,16)45-34/h17-20,28,31-34H,21H2,1-16H3/t28-,31+,32+,33-,34-/m1/s1. The maximum atomic E-state index is 7.07. The Morgan fingerprint density at radius 1 is 0.612 bits per heavy atom. The molecular formula is C40H59O8P. The molecule has 5 atom stereocenters. The molecule has 0 aliphatic carbocycles. The Morgan fingerprint density at radius 2 is 1.10 bits per heavy atom. The van der Waals surface area contributed by atoms with Gasteiger partial charge in [-0.2, -0.15) is 0 Å². The minimum Gasteiger partial charge on any atom is -0.399 e. The van der Waals surface area contributed by atoms with E-state index in [9.17, 15) is 0 Å². The van der Waals surface area contributed by atoms with Crippen LogP contribution in [-0.4, -0.2) is 48.9 Å². The highest BCUT2D eigenvalue weighted by Crippen LogP contribution is 2.48. The fourth-order valence-corrected chi connectivity index (χ4v) is 8.20. The molecule has 0 saturated carbocycles. The molecule has 0 unspecified atom stereocenters. The molecule has 0 N–H and O–H groups in total. The van der Waals surface area contributed by atoms with Gasteiger partial charge in [0.15, 0.2) is 17.9 Å². The predicted octanol–water partition coefficient (Wildman–Crippen LogP) is 10.3. The lowest BCUT2D eigenvalue weighted by atomic mass is 9.77. The van der Waals surface area contributed by atoms with E-state index in [2.05, 4.69) is 107 Å². The molecule has 3 fully saturated rings. The van der Waals surface area contributed by atoms with Crippen LogP contribution in [0.25, 0.3) is 21.9 Å². The molecule has 9 heteroatoms. The van der Waals surface area contributed by atoms with E-state index < -0.39 is 44.4 Å². The van der Waals surface area contributed by atoms with E-state index in [4.69, 9.17) is 36.6 Å². The Morgan fingerprint density at radius 3 is 1.51 bits per heavy atom. The quantitative estimate of drug-likeness (QED) is 0.267. The van der Waals surface area contributed by atoms with E-state index in [0.29, 0.717) is 6.61 Å². The number of benzene rings is 2. The molecule has 8 nitrogen and oxygen atoms in total. The molecule has 272 valence electrons. The molecule has 1 aromatic heterocycles. The second-order valence-electron chi connectivity index (χ2n) is 19.2. The van der Waals surface area contributed by atoms with Crippen LogP contribution in [0.5, 0.6) is 0 Å². The van der Waals surface area contributed by atoms with E-state index in [0.717, 1.165) is 33.1 Å². The van der Waals surface area contributed by atoms with Crippen LogP contribution in [-0.2, 0) is 45.3 Å². The highest BCUT2D eigenvalue weighted by atomic mass is 31.1. The summed E-state index contributed by atoms with van der Waals surface area (Å²) < 4.78 is 52.6. The Kier molecular flexibility index (Phi) is 8.89. The zero-order chi connectivity index (χ0) is 36.3. The lowest BCUT2D eigenvalue weighted by molar-refractivity contribution is -0.228. The number of hydrogen-bond donors (Lipinski definition) is 0. The Labute approximate surface area is 294 Å². The average molecular weight is 699 g/mol. The molecule has 3 aliphatic rings. The van der Waals surface area contributed by atoms with Gasteiger partial charge >= 0.3 is 8.24 Å². The zero-order valence-corrected chi connectivity index (χ0v) is 33.5. The van der Waals surface area contributed by atoms with Crippen LogP contribution in [0.15, 0.2) is 32.7 Å². The second kappa shape index (κ2) is 11.8. The largest absolute Gasteiger partial charge is 0.399 e. The summed E-state index contributed by atoms with van der Waals surface area (Å²) in [4.78, 5) is 0. The van der Waals surface area contributed by atoms with E-state index in [-0.39, 0.29) is 27.8 Å². The topological polar surface area (TPSA) is 81.7 Å². The second-order valence-corrected chi connectivity index (χ2v) is 20.2. The summed E-state index contributed by atoms with van der Waals surface area (Å²) in [6.45, 7) is 34.9. The van der Waals surface area contributed by atoms with E-state index in [1.165, 1.54) is 11.1 Å². The minimum absolute atomic E-state index is 0.0920. The fourth-order valence-electron chi connectivity index (χ4n) is 6.95. The van der Waals surface area contributed by atoms with Gasteiger partial charge in [0.05, 0.1) is 6.61 Å². The van der Waals surface area contributed by atoms with Crippen molar-refractivity contribution in [2.45, 2.75) is 175 Å². The molecule has 6 rings (SSSR count). The van der Waals surface area contributed by atoms with Gasteiger partial charge in [-0.05, 0) is 72.6 Å². The zero-order valence-electron chi connectivity index (χ0n) is 32.6. The van der Waals surface area contributed by atoms with Crippen LogP contribution in [0.3, 0.4) is 0 Å². The Bertz CT molecular complexity index is 1680. The van der Waals surface area contributed by atoms with Gasteiger partial charge < -0.3 is 32.1 Å². The van der Waals surface area contributed by atoms with Crippen molar-refractivity contribution in [2.75, 3.05) is 6.61 Å². The van der Waals surface area contributed by atoms with E-state index >= 15 is 0 Å². The van der Waals surface area contributed by atoms with Crippen LogP contribution >= 0.6 is 8.24 Å². The fraction of sp³-hybridized carbons (Fsp3) is 0.700. The van der Waals surface area contributed by atoms with Crippen molar-refractivity contribution in [1.82, 2.24) is 0 Å². The van der Waals surface area contributed by atoms with Crippen LogP contribution in [0.1, 0.15) is 133 Å². The highest BCUT2D eigenvalue weighted by molar-refractivity contribution is 7.31. The molecule has 3 saturated heterocycles. The number of hydrogen-bond acceptors (Lipinski definition) is 8. The first-order valence-corrected chi connectivity index (χ1v) is 18.9. The van der Waals surface area contributed by atoms with Gasteiger partial charge in [0.2, 0.25) is 0 Å². The SMILES string of the molecule is CC1(C)O[C@H]2O[C@@H]([C@H]3COC(C)(C)O3)[C@H](Op3oc4c(C(C)(C)C)cc(C(C)(C)C)cc4c4cc(C(C)(C)C)cc(C(C)(C)C)c4o3)[C@H]2O1. The average Bonchev–Trinajstić information content (AvgIpc) is 3.50. The third-order valence-electron chi connectivity index (χ3n) is 9.78. The summed E-state index contributed by atoms with van der Waals surface area (Å²) in [5.74, 6) is -1.58. The molecule has 2 aromatic carbocycles. The highest BCUT2D eigenvalue weighted by Gasteiger charge is 2.59. The van der Waals surface area contributed by atoms with Crippen LogP contribution in [0.4, 0.5) is 0 Å². The molecule has 0 spiro atoms. The molecule has 49 heavy (non-hydrogen) atoms. The Balaban J connectivity index is 1.67. The third kappa shape index (κ3) is 7.26. The minimum atomic E-state index is -2.02. The van der Waals surface area contributed by atoms with E-state index in [1.807, 2.05) is 27.7 Å². The maximum absolute atomic E-state index is 7.07. The summed E-state index contributed by atoms with van der Waals surface area (Å²) in [5.41, 5.74) is 5.61. The van der Waals surface area contributed by atoms with Crippen molar-refractivity contribution < 1.29 is 36.6 Å². The van der Waals surface area contributed by atoms with Crippen molar-refractivity contribution in [3.8, 4) is 0 Å². The predicted molar refractivity (Wildman–Crippen MR) is 195 cm³/mol. The summed E-state index contributed by atoms with van der Waals surface area (Å²) in [7, 11) is -2.02. The van der Waals surface area contributed by atoms with Crippen molar-refractivity contribution in [2.24, 2.45) is 0 Å². The smallest absolute Gasteiger partial charge is 0.387 e. The van der Waals surface area contributed by atoms with Gasteiger partial charge in [0.25, 0.3) is 0 Å². The first-order valence-electron chi connectivity index (χ1n) is 17.8. The van der Waals surface area contributed by atoms with Crippen LogP contribution < -0.4 is 4.52 Å². The van der Waals surface area contributed by atoms with Gasteiger partial charge in [0.1, 0.15) is 35.6 Å². The molecule has 4 heterocycles. The molecular weight excluding hydrogens is 639 g/mol. The van der Waals surface area contributed by atoms with Gasteiger partial charge in [-0.1, -0.05) is 95.2 Å². The first kappa shape index (κ1) is 36.9. The monoisotopic (exact) mass is 698 g/mol. The summed E-state index contributed by atoms with van der Waals surface area (Å²) in [6, 6.07) is 9.19. The number of ether oxygens (including phenoxy) is 5. The van der Waals surface area contributed by atoms with Gasteiger partial charge in [-0.25, -0.2) is 0 Å². The van der Waals surface area contributed by atoms with Crippen molar-refractivity contribution in [3.63, 3.8) is 0 Å². The summed E-state index contributed by atoms with van der Waals surface area (Å²) >= 11 is 0. The van der Waals surface area contributed by atoms with Gasteiger partial charge in [0, 0.05) is 21.9 Å². The first-order chi connectivity index (χ1) is 22.2. The van der Waals surface area contributed by atoms with Gasteiger partial charge in [-0.15, -0.1) is 0 Å². The molecule has 3 aliphatic heterocycles. The third-order valence-corrected chi connectivity index (χ3v) is 10.9. The summed E-state index contributed by atoms with van der Waals surface area (Å²) in [6.07, 6.45) is -2.66. The Hall–Kier alpha value is -1.90. The lowest BCUT2D eigenvalue weighted by Crippen LogP contribution is -2.45. The van der Waals surface area contributed by atoms with Gasteiger partial charge in [-0.3, -0.25) is 4.52 Å².